The molecule has 8 heteroatoms. The maximum absolute atomic E-state index is 13.0. The van der Waals surface area contributed by atoms with Gasteiger partial charge in [0.2, 0.25) is 0 Å². The Morgan fingerprint density at radius 2 is 2.14 bits per heavy atom. The molecule has 0 heterocycles. The van der Waals surface area contributed by atoms with Crippen molar-refractivity contribution in [2.24, 2.45) is 0 Å². The normalized spacial score (nSPS) is 26.7. The number of benzene rings is 1. The molecule has 1 aromatic carbocycles. The Kier molecular flexibility index (Phi) is 9.06. The van der Waals surface area contributed by atoms with E-state index in [1.165, 1.54) is 0 Å². The minimum Gasteiger partial charge on any atom is -0.497 e. The number of ether oxygens (including phenoxy) is 4. The molecule has 0 unspecified atom stereocenters. The third kappa shape index (κ3) is 6.25. The predicted octanol–water partition coefficient (Wildman–Crippen LogP) is 0.800. The summed E-state index contributed by atoms with van der Waals surface area (Å²) in [5.74, 6) is 0.298. The quantitative estimate of drug-likeness (QED) is 0.367. The van der Waals surface area contributed by atoms with Gasteiger partial charge in [0.15, 0.2) is 5.60 Å². The number of amides is 1. The standard InChI is InChI=1S/C21H31NO7/c1-4-9-28-18-13-21(12-17(23)19(18)24,20(25)22-8-10-26-2)29-14-15-6-5-7-16(11-15)27-3/h4-7,11,17-19,23-24H,1,8-10,12-14H2,2-3H3,(H,22,25)/t17-,18+,19-,21+/m1/s1. The van der Waals surface area contributed by atoms with E-state index in [1.807, 2.05) is 24.3 Å². The molecule has 4 atom stereocenters. The number of hydrogen-bond donors (Lipinski definition) is 3. The van der Waals surface area contributed by atoms with Gasteiger partial charge < -0.3 is 34.5 Å². The van der Waals surface area contributed by atoms with Crippen LogP contribution in [0.5, 0.6) is 5.75 Å². The van der Waals surface area contributed by atoms with E-state index in [1.54, 1.807) is 20.3 Å². The number of hydrogen-bond acceptors (Lipinski definition) is 7. The van der Waals surface area contributed by atoms with Crippen molar-refractivity contribution in [3.63, 3.8) is 0 Å². The summed E-state index contributed by atoms with van der Waals surface area (Å²) < 4.78 is 21.9. The molecule has 1 saturated carbocycles. The van der Waals surface area contributed by atoms with Crippen molar-refractivity contribution in [3.05, 3.63) is 42.5 Å². The molecule has 0 aromatic heterocycles. The molecule has 0 bridgehead atoms. The molecule has 3 N–H and O–H groups in total. The zero-order chi connectivity index (χ0) is 21.3. The SMILES string of the molecule is C=CCO[C@H]1C[C@](OCc2cccc(OC)c2)(C(=O)NCCOC)C[C@@H](O)[C@H]1O. The molecular formula is C21H31NO7. The van der Waals surface area contributed by atoms with Gasteiger partial charge in [-0.15, -0.1) is 6.58 Å². The third-order valence-corrected chi connectivity index (χ3v) is 4.93. The molecule has 0 spiro atoms. The molecule has 0 saturated heterocycles. The summed E-state index contributed by atoms with van der Waals surface area (Å²) in [4.78, 5) is 13.0. The number of rotatable bonds is 11. The molecule has 0 aliphatic heterocycles. The molecular weight excluding hydrogens is 378 g/mol. The fourth-order valence-corrected chi connectivity index (χ4v) is 3.36. The first-order valence-corrected chi connectivity index (χ1v) is 9.58. The summed E-state index contributed by atoms with van der Waals surface area (Å²) >= 11 is 0. The van der Waals surface area contributed by atoms with E-state index < -0.39 is 23.9 Å². The van der Waals surface area contributed by atoms with Crippen molar-refractivity contribution < 1.29 is 34.0 Å². The fourth-order valence-electron chi connectivity index (χ4n) is 3.36. The van der Waals surface area contributed by atoms with E-state index in [2.05, 4.69) is 11.9 Å². The van der Waals surface area contributed by atoms with Crippen LogP contribution in [0.1, 0.15) is 18.4 Å². The van der Waals surface area contributed by atoms with Crippen molar-refractivity contribution in [2.75, 3.05) is 34.0 Å². The summed E-state index contributed by atoms with van der Waals surface area (Å²) in [5.41, 5.74) is -0.543. The summed E-state index contributed by atoms with van der Waals surface area (Å²) in [6.07, 6.45) is -1.46. The van der Waals surface area contributed by atoms with Crippen LogP contribution in [0.25, 0.3) is 0 Å². The lowest BCUT2D eigenvalue weighted by Gasteiger charge is -2.43. The number of carbonyl (C=O) groups is 1. The molecule has 0 radical (unpaired) electrons. The lowest BCUT2D eigenvalue weighted by atomic mass is 9.78. The highest BCUT2D eigenvalue weighted by molar-refractivity contribution is 5.85. The zero-order valence-electron chi connectivity index (χ0n) is 17.0. The highest BCUT2D eigenvalue weighted by Crippen LogP contribution is 2.35. The molecule has 1 aliphatic rings. The van der Waals surface area contributed by atoms with Crippen molar-refractivity contribution in [2.45, 2.75) is 43.4 Å². The van der Waals surface area contributed by atoms with Crippen molar-refractivity contribution >= 4 is 5.91 Å². The fraction of sp³-hybridized carbons (Fsp3) is 0.571. The van der Waals surface area contributed by atoms with Crippen LogP contribution in [0.15, 0.2) is 36.9 Å². The molecule has 1 aromatic rings. The second-order valence-corrected chi connectivity index (χ2v) is 7.01. The van der Waals surface area contributed by atoms with Gasteiger partial charge in [-0.2, -0.15) is 0 Å². The van der Waals surface area contributed by atoms with Gasteiger partial charge in [0.25, 0.3) is 5.91 Å². The smallest absolute Gasteiger partial charge is 0.252 e. The highest BCUT2D eigenvalue weighted by Gasteiger charge is 2.51. The molecule has 1 aliphatic carbocycles. The van der Waals surface area contributed by atoms with Gasteiger partial charge >= 0.3 is 0 Å². The largest absolute Gasteiger partial charge is 0.497 e. The maximum atomic E-state index is 13.0. The van der Waals surface area contributed by atoms with Gasteiger partial charge in [-0.1, -0.05) is 18.2 Å². The van der Waals surface area contributed by atoms with Crippen LogP contribution in [0.2, 0.25) is 0 Å². The first kappa shape index (κ1) is 23.3. The summed E-state index contributed by atoms with van der Waals surface area (Å²) in [6, 6.07) is 7.32. The lowest BCUT2D eigenvalue weighted by Crippen LogP contribution is -2.60. The first-order valence-electron chi connectivity index (χ1n) is 9.58. The summed E-state index contributed by atoms with van der Waals surface area (Å²) in [5, 5.41) is 23.5. The Labute approximate surface area is 171 Å². The van der Waals surface area contributed by atoms with Crippen LogP contribution in [-0.4, -0.2) is 74.0 Å². The summed E-state index contributed by atoms with van der Waals surface area (Å²) in [7, 11) is 3.12. The number of aliphatic hydroxyl groups is 2. The van der Waals surface area contributed by atoms with E-state index in [4.69, 9.17) is 18.9 Å². The monoisotopic (exact) mass is 409 g/mol. The van der Waals surface area contributed by atoms with Crippen LogP contribution >= 0.6 is 0 Å². The average Bonchev–Trinajstić information content (AvgIpc) is 2.73. The van der Waals surface area contributed by atoms with E-state index >= 15 is 0 Å². The molecule has 2 rings (SSSR count). The Morgan fingerprint density at radius 1 is 1.34 bits per heavy atom. The molecule has 1 fully saturated rings. The van der Waals surface area contributed by atoms with E-state index in [9.17, 15) is 15.0 Å². The highest BCUT2D eigenvalue weighted by atomic mass is 16.5. The summed E-state index contributed by atoms with van der Waals surface area (Å²) in [6.45, 7) is 4.56. The number of nitrogens with one attached hydrogen (secondary N) is 1. The van der Waals surface area contributed by atoms with Crippen LogP contribution in [-0.2, 0) is 25.6 Å². The minimum absolute atomic E-state index is 0.0507. The average molecular weight is 409 g/mol. The van der Waals surface area contributed by atoms with Crippen LogP contribution in [0.3, 0.4) is 0 Å². The molecule has 162 valence electrons. The number of methoxy groups -OCH3 is 2. The number of aliphatic hydroxyl groups excluding tert-OH is 2. The van der Waals surface area contributed by atoms with E-state index in [0.717, 1.165) is 5.56 Å². The minimum atomic E-state index is -1.36. The molecule has 8 nitrogen and oxygen atoms in total. The maximum Gasteiger partial charge on any atom is 0.252 e. The Bertz CT molecular complexity index is 668. The van der Waals surface area contributed by atoms with Crippen molar-refractivity contribution in [1.82, 2.24) is 5.32 Å². The first-order chi connectivity index (χ1) is 14.0. The van der Waals surface area contributed by atoms with Crippen molar-refractivity contribution in [1.29, 1.82) is 0 Å². The van der Waals surface area contributed by atoms with Gasteiger partial charge in [-0.25, -0.2) is 0 Å². The topological polar surface area (TPSA) is 106 Å². The van der Waals surface area contributed by atoms with Gasteiger partial charge in [-0.3, -0.25) is 4.79 Å². The zero-order valence-corrected chi connectivity index (χ0v) is 17.0. The van der Waals surface area contributed by atoms with Crippen LogP contribution in [0, 0.1) is 0 Å². The second kappa shape index (κ2) is 11.3. The van der Waals surface area contributed by atoms with Crippen LogP contribution in [0.4, 0.5) is 0 Å². The van der Waals surface area contributed by atoms with E-state index in [-0.39, 0.29) is 32.0 Å². The predicted molar refractivity (Wildman–Crippen MR) is 107 cm³/mol. The Hall–Kier alpha value is -1.97. The molecule has 1 amide bonds. The Balaban J connectivity index is 2.21. The number of carbonyl (C=O) groups excluding carboxylic acids is 1. The Morgan fingerprint density at radius 3 is 2.83 bits per heavy atom. The van der Waals surface area contributed by atoms with E-state index in [0.29, 0.717) is 18.9 Å². The third-order valence-electron chi connectivity index (χ3n) is 4.93. The van der Waals surface area contributed by atoms with Crippen LogP contribution < -0.4 is 10.1 Å². The van der Waals surface area contributed by atoms with Crippen molar-refractivity contribution in [3.8, 4) is 5.75 Å². The van der Waals surface area contributed by atoms with Gasteiger partial charge in [-0.05, 0) is 17.7 Å². The van der Waals surface area contributed by atoms with Gasteiger partial charge in [0.1, 0.15) is 11.9 Å². The lowest BCUT2D eigenvalue weighted by molar-refractivity contribution is -0.196. The van der Waals surface area contributed by atoms with Gasteiger partial charge in [0, 0.05) is 26.5 Å². The molecule has 29 heavy (non-hydrogen) atoms. The second-order valence-electron chi connectivity index (χ2n) is 7.01. The van der Waals surface area contributed by atoms with Gasteiger partial charge in [0.05, 0.1) is 39.1 Å².